The lowest BCUT2D eigenvalue weighted by atomic mass is 10.1. The van der Waals surface area contributed by atoms with Crippen molar-refractivity contribution in [2.75, 3.05) is 6.54 Å². The molecule has 1 aliphatic rings. The number of nitrogens with zero attached hydrogens (tertiary/aromatic N) is 4. The summed E-state index contributed by atoms with van der Waals surface area (Å²) < 4.78 is 1.66. The van der Waals surface area contributed by atoms with E-state index in [1.54, 1.807) is 35.3 Å². The molecule has 152 valence electrons. The van der Waals surface area contributed by atoms with E-state index in [1.807, 2.05) is 31.2 Å². The number of hydrogen-bond acceptors (Lipinski definition) is 5. The van der Waals surface area contributed by atoms with E-state index in [2.05, 4.69) is 15.4 Å². The van der Waals surface area contributed by atoms with Gasteiger partial charge >= 0.3 is 0 Å². The Morgan fingerprint density at radius 2 is 1.70 bits per heavy atom. The highest BCUT2D eigenvalue weighted by Gasteiger charge is 2.34. The third kappa shape index (κ3) is 3.84. The first-order valence-electron chi connectivity index (χ1n) is 9.74. The fourth-order valence-electron chi connectivity index (χ4n) is 3.49. The van der Waals surface area contributed by atoms with Crippen molar-refractivity contribution in [3.63, 3.8) is 0 Å². The molecular weight excluding hydrogens is 382 g/mol. The fraction of sp³-hybridized carbons (Fsp3) is 0.227. The first-order valence-corrected chi connectivity index (χ1v) is 9.74. The van der Waals surface area contributed by atoms with Gasteiger partial charge in [0.25, 0.3) is 11.8 Å². The smallest absolute Gasteiger partial charge is 0.261 e. The first kappa shape index (κ1) is 19.5. The molecule has 3 amide bonds. The molecule has 0 aliphatic carbocycles. The normalized spacial score (nSPS) is 14.0. The van der Waals surface area contributed by atoms with Gasteiger partial charge < -0.3 is 5.32 Å². The Hall–Kier alpha value is -3.81. The van der Waals surface area contributed by atoms with E-state index < -0.39 is 0 Å². The molecule has 0 spiro atoms. The van der Waals surface area contributed by atoms with Crippen LogP contribution in [-0.2, 0) is 4.79 Å². The van der Waals surface area contributed by atoms with E-state index in [9.17, 15) is 14.4 Å². The third-order valence-electron chi connectivity index (χ3n) is 5.12. The maximum atomic E-state index is 12.4. The van der Waals surface area contributed by atoms with E-state index in [1.165, 1.54) is 11.2 Å². The predicted molar refractivity (Wildman–Crippen MR) is 109 cm³/mol. The summed E-state index contributed by atoms with van der Waals surface area (Å²) in [6, 6.07) is 14.3. The van der Waals surface area contributed by atoms with Crippen LogP contribution in [0.15, 0.2) is 61.2 Å². The van der Waals surface area contributed by atoms with Crippen molar-refractivity contribution < 1.29 is 14.4 Å². The summed E-state index contributed by atoms with van der Waals surface area (Å²) in [5.74, 6) is -0.715. The highest BCUT2D eigenvalue weighted by Crippen LogP contribution is 2.22. The van der Waals surface area contributed by atoms with Gasteiger partial charge in [-0.3, -0.25) is 19.3 Å². The number of aromatic nitrogens is 3. The lowest BCUT2D eigenvalue weighted by Crippen LogP contribution is -2.32. The SMILES string of the molecule is CC(NC(=O)CCCN1C(=O)c2ccccc2C1=O)c1ccc(-n2cncn2)cc1. The van der Waals surface area contributed by atoms with Gasteiger partial charge in [-0.15, -0.1) is 0 Å². The molecule has 1 N–H and O–H groups in total. The van der Waals surface area contributed by atoms with Crippen LogP contribution < -0.4 is 5.32 Å². The standard InChI is InChI=1S/C22H21N5O3/c1-15(16-8-10-17(11-9-16)27-14-23-13-24-27)25-20(28)7-4-12-26-21(29)18-5-2-3-6-19(18)22(26)30/h2-3,5-6,8-11,13-15H,4,7,12H2,1H3,(H,25,28). The monoisotopic (exact) mass is 403 g/mol. The Kier molecular flexibility index (Phi) is 5.38. The van der Waals surface area contributed by atoms with E-state index >= 15 is 0 Å². The van der Waals surface area contributed by atoms with Crippen molar-refractivity contribution in [3.8, 4) is 5.69 Å². The van der Waals surface area contributed by atoms with Gasteiger partial charge in [0.2, 0.25) is 5.91 Å². The minimum absolute atomic E-state index is 0.125. The van der Waals surface area contributed by atoms with Crippen molar-refractivity contribution in [2.24, 2.45) is 0 Å². The summed E-state index contributed by atoms with van der Waals surface area (Å²) in [6.45, 7) is 2.13. The Bertz CT molecular complexity index is 1040. The molecule has 0 saturated carbocycles. The zero-order valence-corrected chi connectivity index (χ0v) is 16.5. The van der Waals surface area contributed by atoms with Crippen LogP contribution in [0.3, 0.4) is 0 Å². The van der Waals surface area contributed by atoms with Gasteiger partial charge in [0.05, 0.1) is 22.9 Å². The molecule has 0 radical (unpaired) electrons. The van der Waals surface area contributed by atoms with Crippen LogP contribution in [0.5, 0.6) is 0 Å². The van der Waals surface area contributed by atoms with E-state index in [4.69, 9.17) is 0 Å². The molecule has 0 saturated heterocycles. The zero-order valence-electron chi connectivity index (χ0n) is 16.5. The van der Waals surface area contributed by atoms with E-state index in [0.29, 0.717) is 17.5 Å². The van der Waals surface area contributed by atoms with Gasteiger partial charge in [-0.2, -0.15) is 5.10 Å². The van der Waals surface area contributed by atoms with E-state index in [0.717, 1.165) is 11.3 Å². The van der Waals surface area contributed by atoms with Gasteiger partial charge in [-0.1, -0.05) is 24.3 Å². The van der Waals surface area contributed by atoms with Gasteiger partial charge in [0, 0.05) is 13.0 Å². The molecule has 0 fully saturated rings. The number of fused-ring (bicyclic) bond motifs is 1. The largest absolute Gasteiger partial charge is 0.350 e. The Labute approximate surface area is 173 Å². The molecule has 1 unspecified atom stereocenters. The topological polar surface area (TPSA) is 97.2 Å². The lowest BCUT2D eigenvalue weighted by molar-refractivity contribution is -0.121. The second kappa shape index (κ2) is 8.28. The highest BCUT2D eigenvalue weighted by atomic mass is 16.2. The highest BCUT2D eigenvalue weighted by molar-refractivity contribution is 6.21. The zero-order chi connectivity index (χ0) is 21.1. The summed E-state index contributed by atoms with van der Waals surface area (Å²) in [6.07, 6.45) is 3.73. The summed E-state index contributed by atoms with van der Waals surface area (Å²) in [7, 11) is 0. The fourth-order valence-corrected chi connectivity index (χ4v) is 3.49. The number of imide groups is 1. The van der Waals surface area contributed by atoms with Crippen LogP contribution in [0.1, 0.15) is 52.1 Å². The average molecular weight is 403 g/mol. The number of benzene rings is 2. The number of carbonyl (C=O) groups is 3. The summed E-state index contributed by atoms with van der Waals surface area (Å²) in [4.78, 5) is 42.2. The molecule has 0 bridgehead atoms. The van der Waals surface area contributed by atoms with Crippen molar-refractivity contribution >= 4 is 17.7 Å². The molecule has 1 atom stereocenters. The van der Waals surface area contributed by atoms with Crippen molar-refractivity contribution in [2.45, 2.75) is 25.8 Å². The van der Waals surface area contributed by atoms with E-state index in [-0.39, 0.29) is 36.7 Å². The quantitative estimate of drug-likeness (QED) is 0.612. The third-order valence-corrected chi connectivity index (χ3v) is 5.12. The Morgan fingerprint density at radius 3 is 2.30 bits per heavy atom. The van der Waals surface area contributed by atoms with Gasteiger partial charge in [0.15, 0.2) is 0 Å². The molecule has 2 heterocycles. The maximum Gasteiger partial charge on any atom is 0.261 e. The molecule has 30 heavy (non-hydrogen) atoms. The predicted octanol–water partition coefficient (Wildman–Crippen LogP) is 2.52. The van der Waals surface area contributed by atoms with Crippen molar-refractivity contribution in [1.29, 1.82) is 0 Å². The molecule has 8 nitrogen and oxygen atoms in total. The van der Waals surface area contributed by atoms with Gasteiger partial charge in [-0.25, -0.2) is 9.67 Å². The van der Waals surface area contributed by atoms with Crippen LogP contribution in [0.2, 0.25) is 0 Å². The van der Waals surface area contributed by atoms with Crippen LogP contribution >= 0.6 is 0 Å². The van der Waals surface area contributed by atoms with Crippen LogP contribution in [0, 0.1) is 0 Å². The van der Waals surface area contributed by atoms with Crippen LogP contribution in [0.4, 0.5) is 0 Å². The number of rotatable bonds is 7. The summed E-state index contributed by atoms with van der Waals surface area (Å²) in [5, 5.41) is 7.04. The molecule has 8 heteroatoms. The molecule has 1 aromatic heterocycles. The van der Waals surface area contributed by atoms with Crippen LogP contribution in [-0.4, -0.2) is 43.9 Å². The number of carbonyl (C=O) groups excluding carboxylic acids is 3. The molecule has 1 aliphatic heterocycles. The lowest BCUT2D eigenvalue weighted by Gasteiger charge is -2.16. The molecule has 4 rings (SSSR count). The van der Waals surface area contributed by atoms with Crippen molar-refractivity contribution in [3.05, 3.63) is 77.9 Å². The summed E-state index contributed by atoms with van der Waals surface area (Å²) >= 11 is 0. The minimum Gasteiger partial charge on any atom is -0.350 e. The maximum absolute atomic E-state index is 12.4. The second-order valence-corrected chi connectivity index (χ2v) is 7.13. The van der Waals surface area contributed by atoms with Gasteiger partial charge in [-0.05, 0) is 43.2 Å². The van der Waals surface area contributed by atoms with Gasteiger partial charge in [0.1, 0.15) is 12.7 Å². The number of hydrogen-bond donors (Lipinski definition) is 1. The molecule has 3 aromatic rings. The summed E-state index contributed by atoms with van der Waals surface area (Å²) in [5.41, 5.74) is 2.70. The second-order valence-electron chi connectivity index (χ2n) is 7.13. The number of nitrogens with one attached hydrogen (secondary N) is 1. The average Bonchev–Trinajstić information content (AvgIpc) is 3.38. The van der Waals surface area contributed by atoms with Crippen molar-refractivity contribution in [1.82, 2.24) is 25.0 Å². The molecule has 2 aromatic carbocycles. The van der Waals surface area contributed by atoms with Crippen LogP contribution in [0.25, 0.3) is 5.69 Å². The number of amides is 3. The Balaban J connectivity index is 1.27. The Morgan fingerprint density at radius 1 is 1.03 bits per heavy atom. The minimum atomic E-state index is -0.295. The molecular formula is C22H21N5O3. The first-order chi connectivity index (χ1) is 14.5.